The van der Waals surface area contributed by atoms with Gasteiger partial charge in [-0.25, -0.2) is 0 Å². The highest BCUT2D eigenvalue weighted by Crippen LogP contribution is 2.37. The number of fused-ring (bicyclic) bond motifs is 1. The molecule has 1 unspecified atom stereocenters. The van der Waals surface area contributed by atoms with E-state index in [4.69, 9.17) is 9.47 Å². The third-order valence-electron chi connectivity index (χ3n) is 2.78. The minimum absolute atomic E-state index is 0.329. The van der Waals surface area contributed by atoms with Crippen LogP contribution >= 0.6 is 0 Å². The summed E-state index contributed by atoms with van der Waals surface area (Å²) in [5.74, 6) is 0.989. The van der Waals surface area contributed by atoms with Gasteiger partial charge >= 0.3 is 0 Å². The molecule has 1 aromatic carbocycles. The number of epoxide rings is 1. The third kappa shape index (κ3) is 1.24. The van der Waals surface area contributed by atoms with E-state index < -0.39 is 0 Å². The summed E-state index contributed by atoms with van der Waals surface area (Å²) in [5.41, 5.74) is 2.45. The van der Waals surface area contributed by atoms with E-state index in [1.165, 1.54) is 11.3 Å². The maximum atomic E-state index is 5.57. The molecule has 1 aromatic rings. The molecule has 3 rings (SSSR count). The van der Waals surface area contributed by atoms with E-state index in [9.17, 15) is 0 Å². The highest BCUT2D eigenvalue weighted by atomic mass is 16.6. The lowest BCUT2D eigenvalue weighted by atomic mass is 10.1. The lowest BCUT2D eigenvalue weighted by molar-refractivity contribution is 0.311. The second-order valence-electron chi connectivity index (χ2n) is 3.82. The van der Waals surface area contributed by atoms with Crippen LogP contribution in [0.4, 0.5) is 5.69 Å². The molecular formula is C11H13NO2. The number of likely N-dealkylation sites (N-methyl/N-ethyl adjacent to an activating group) is 1. The van der Waals surface area contributed by atoms with Crippen LogP contribution in [0.25, 0.3) is 0 Å². The third-order valence-corrected chi connectivity index (χ3v) is 2.78. The van der Waals surface area contributed by atoms with Crippen LogP contribution in [-0.2, 0) is 4.74 Å². The standard InChI is InChI=1S/C11H13NO2/c1-12-4-5-13-10-3-2-8(6-9(10)12)11-7-14-11/h2-3,6,11H,4-5,7H2,1H3. The average molecular weight is 191 g/mol. The number of benzene rings is 1. The van der Waals surface area contributed by atoms with Crippen molar-refractivity contribution in [2.45, 2.75) is 6.10 Å². The molecule has 2 aliphatic heterocycles. The van der Waals surface area contributed by atoms with Crippen molar-refractivity contribution in [3.05, 3.63) is 23.8 Å². The first kappa shape index (κ1) is 8.12. The fourth-order valence-electron chi connectivity index (χ4n) is 1.81. The summed E-state index contributed by atoms with van der Waals surface area (Å²) in [6.45, 7) is 2.61. The summed E-state index contributed by atoms with van der Waals surface area (Å²) < 4.78 is 10.8. The van der Waals surface area contributed by atoms with Crippen LogP contribution in [0, 0.1) is 0 Å². The lowest BCUT2D eigenvalue weighted by Gasteiger charge is -2.27. The van der Waals surface area contributed by atoms with Gasteiger partial charge in [-0.15, -0.1) is 0 Å². The highest BCUT2D eigenvalue weighted by molar-refractivity contribution is 5.61. The highest BCUT2D eigenvalue weighted by Gasteiger charge is 2.26. The molecule has 0 bridgehead atoms. The zero-order valence-electron chi connectivity index (χ0n) is 8.19. The Hall–Kier alpha value is -1.22. The van der Waals surface area contributed by atoms with Gasteiger partial charge in [0.05, 0.1) is 18.8 Å². The van der Waals surface area contributed by atoms with Crippen LogP contribution < -0.4 is 9.64 Å². The van der Waals surface area contributed by atoms with Gasteiger partial charge < -0.3 is 14.4 Å². The van der Waals surface area contributed by atoms with E-state index in [1.54, 1.807) is 0 Å². The Labute approximate surface area is 83.2 Å². The Bertz CT molecular complexity index is 360. The Morgan fingerprint density at radius 2 is 2.29 bits per heavy atom. The van der Waals surface area contributed by atoms with Gasteiger partial charge in [0, 0.05) is 7.05 Å². The molecule has 1 saturated heterocycles. The molecule has 1 atom stereocenters. The number of rotatable bonds is 1. The summed E-state index contributed by atoms with van der Waals surface area (Å²) >= 11 is 0. The molecule has 0 amide bonds. The average Bonchev–Trinajstić information content (AvgIpc) is 3.01. The SMILES string of the molecule is CN1CCOc2ccc(C3CO3)cc21. The molecule has 3 nitrogen and oxygen atoms in total. The molecule has 0 radical (unpaired) electrons. The predicted molar refractivity (Wildman–Crippen MR) is 53.9 cm³/mol. The van der Waals surface area contributed by atoms with E-state index in [2.05, 4.69) is 24.1 Å². The zero-order valence-corrected chi connectivity index (χ0v) is 8.19. The Morgan fingerprint density at radius 3 is 3.07 bits per heavy atom. The molecule has 74 valence electrons. The van der Waals surface area contributed by atoms with Crippen molar-refractivity contribution in [2.75, 3.05) is 31.7 Å². The minimum Gasteiger partial charge on any atom is -0.490 e. The number of nitrogens with zero attached hydrogens (tertiary/aromatic N) is 1. The van der Waals surface area contributed by atoms with Gasteiger partial charge in [-0.1, -0.05) is 6.07 Å². The van der Waals surface area contributed by atoms with Crippen molar-refractivity contribution in [3.63, 3.8) is 0 Å². The minimum atomic E-state index is 0.329. The van der Waals surface area contributed by atoms with Crippen LogP contribution in [0.5, 0.6) is 5.75 Å². The fourth-order valence-corrected chi connectivity index (χ4v) is 1.81. The Kier molecular flexibility index (Phi) is 1.67. The van der Waals surface area contributed by atoms with Gasteiger partial charge in [0.15, 0.2) is 0 Å². The van der Waals surface area contributed by atoms with Crippen LogP contribution in [-0.4, -0.2) is 26.8 Å². The molecule has 2 heterocycles. The van der Waals surface area contributed by atoms with Crippen molar-refractivity contribution >= 4 is 5.69 Å². The molecule has 14 heavy (non-hydrogen) atoms. The summed E-state index contributed by atoms with van der Waals surface area (Å²) in [6.07, 6.45) is 0.329. The first-order valence-electron chi connectivity index (χ1n) is 4.94. The lowest BCUT2D eigenvalue weighted by Crippen LogP contribution is -2.28. The summed E-state index contributed by atoms with van der Waals surface area (Å²) in [7, 11) is 2.10. The quantitative estimate of drug-likeness (QED) is 0.630. The normalized spacial score (nSPS) is 24.1. The predicted octanol–water partition coefficient (Wildman–Crippen LogP) is 1.59. The second-order valence-corrected chi connectivity index (χ2v) is 3.82. The van der Waals surface area contributed by atoms with Crippen LogP contribution in [0.1, 0.15) is 11.7 Å². The van der Waals surface area contributed by atoms with Crippen LogP contribution in [0.2, 0.25) is 0 Å². The maximum Gasteiger partial charge on any atom is 0.142 e. The van der Waals surface area contributed by atoms with E-state index in [0.717, 1.165) is 25.5 Å². The number of ether oxygens (including phenoxy) is 2. The van der Waals surface area contributed by atoms with Crippen molar-refractivity contribution in [2.24, 2.45) is 0 Å². The molecule has 0 saturated carbocycles. The summed E-state index contributed by atoms with van der Waals surface area (Å²) in [6, 6.07) is 6.31. The largest absolute Gasteiger partial charge is 0.490 e. The van der Waals surface area contributed by atoms with Gasteiger partial charge in [0.25, 0.3) is 0 Å². The number of anilines is 1. The van der Waals surface area contributed by atoms with Crippen molar-refractivity contribution in [1.82, 2.24) is 0 Å². The number of hydrogen-bond donors (Lipinski definition) is 0. The van der Waals surface area contributed by atoms with Crippen molar-refractivity contribution in [1.29, 1.82) is 0 Å². The van der Waals surface area contributed by atoms with Gasteiger partial charge in [0.2, 0.25) is 0 Å². The number of hydrogen-bond acceptors (Lipinski definition) is 3. The Morgan fingerprint density at radius 1 is 1.43 bits per heavy atom. The van der Waals surface area contributed by atoms with E-state index in [-0.39, 0.29) is 0 Å². The molecule has 1 fully saturated rings. The monoisotopic (exact) mass is 191 g/mol. The van der Waals surface area contributed by atoms with Gasteiger partial charge in [-0.05, 0) is 17.7 Å². The fraction of sp³-hybridized carbons (Fsp3) is 0.455. The molecular weight excluding hydrogens is 178 g/mol. The molecule has 3 heteroatoms. The molecule has 0 spiro atoms. The second kappa shape index (κ2) is 2.89. The maximum absolute atomic E-state index is 5.57. The van der Waals surface area contributed by atoms with Crippen molar-refractivity contribution in [3.8, 4) is 5.75 Å². The van der Waals surface area contributed by atoms with Crippen molar-refractivity contribution < 1.29 is 9.47 Å². The molecule has 0 N–H and O–H groups in total. The first-order valence-corrected chi connectivity index (χ1v) is 4.94. The van der Waals surface area contributed by atoms with Crippen LogP contribution in [0.3, 0.4) is 0 Å². The van der Waals surface area contributed by atoms with Gasteiger partial charge in [-0.2, -0.15) is 0 Å². The van der Waals surface area contributed by atoms with Crippen LogP contribution in [0.15, 0.2) is 18.2 Å². The zero-order chi connectivity index (χ0) is 9.54. The molecule has 0 aromatic heterocycles. The topological polar surface area (TPSA) is 25.0 Å². The van der Waals surface area contributed by atoms with E-state index in [1.807, 2.05) is 6.07 Å². The summed E-state index contributed by atoms with van der Waals surface area (Å²) in [4.78, 5) is 2.23. The van der Waals surface area contributed by atoms with E-state index in [0.29, 0.717) is 6.10 Å². The molecule has 2 aliphatic rings. The van der Waals surface area contributed by atoms with Gasteiger partial charge in [-0.3, -0.25) is 0 Å². The summed E-state index contributed by atoms with van der Waals surface area (Å²) in [5, 5.41) is 0. The molecule has 0 aliphatic carbocycles. The first-order chi connectivity index (χ1) is 6.84. The Balaban J connectivity index is 2.01. The van der Waals surface area contributed by atoms with E-state index >= 15 is 0 Å². The smallest absolute Gasteiger partial charge is 0.142 e. The van der Waals surface area contributed by atoms with Gasteiger partial charge in [0.1, 0.15) is 18.5 Å².